The lowest BCUT2D eigenvalue weighted by atomic mass is 10.2. The Morgan fingerprint density at radius 2 is 2.33 bits per heavy atom. The lowest BCUT2D eigenvalue weighted by Gasteiger charge is -2.30. The highest BCUT2D eigenvalue weighted by Crippen LogP contribution is 2.24. The molecule has 1 fully saturated rings. The summed E-state index contributed by atoms with van der Waals surface area (Å²) in [6, 6.07) is 3.51. The average Bonchev–Trinajstić information content (AvgIpc) is 3.17. The third-order valence-electron chi connectivity index (χ3n) is 3.08. The third kappa shape index (κ3) is 2.81. The topological polar surface area (TPSA) is 92.9 Å². The number of carboxylic acid groups (broad SMARTS) is 1. The van der Waals surface area contributed by atoms with Crippen LogP contribution in [0.2, 0.25) is 0 Å². The first-order chi connectivity index (χ1) is 10.1. The van der Waals surface area contributed by atoms with E-state index in [2.05, 4.69) is 4.98 Å². The number of aromatic nitrogens is 1. The molecule has 21 heavy (non-hydrogen) atoms. The molecule has 0 radical (unpaired) electrons. The van der Waals surface area contributed by atoms with Gasteiger partial charge in [-0.2, -0.15) is 0 Å². The predicted molar refractivity (Wildman–Crippen MR) is 73.1 cm³/mol. The van der Waals surface area contributed by atoms with Crippen LogP contribution in [0.15, 0.2) is 28.2 Å². The fourth-order valence-corrected chi connectivity index (χ4v) is 2.79. The number of hydrogen-bond acceptors (Lipinski definition) is 6. The lowest BCUT2D eigenvalue weighted by Crippen LogP contribution is -2.48. The van der Waals surface area contributed by atoms with E-state index in [0.29, 0.717) is 17.3 Å². The Kier molecular flexibility index (Phi) is 3.72. The monoisotopic (exact) mass is 308 g/mol. The molecular weight excluding hydrogens is 296 g/mol. The van der Waals surface area contributed by atoms with Gasteiger partial charge in [-0.05, 0) is 12.1 Å². The van der Waals surface area contributed by atoms with Crippen LogP contribution in [0.25, 0.3) is 10.8 Å². The summed E-state index contributed by atoms with van der Waals surface area (Å²) in [4.78, 5) is 29.0. The summed E-state index contributed by atoms with van der Waals surface area (Å²) in [5, 5.41) is 11.2. The van der Waals surface area contributed by atoms with Gasteiger partial charge in [0.25, 0.3) is 5.91 Å². The maximum Gasteiger partial charge on any atom is 0.334 e. The van der Waals surface area contributed by atoms with Gasteiger partial charge in [0.2, 0.25) is 0 Å². The lowest BCUT2D eigenvalue weighted by molar-refractivity contribution is -0.154. The van der Waals surface area contributed by atoms with Crippen LogP contribution < -0.4 is 0 Å². The van der Waals surface area contributed by atoms with Crippen molar-refractivity contribution in [2.75, 3.05) is 19.7 Å². The Hall–Kier alpha value is -2.19. The first-order valence-electron chi connectivity index (χ1n) is 6.28. The Balaban J connectivity index is 1.74. The first-order valence-corrected chi connectivity index (χ1v) is 7.16. The number of morpholine rings is 1. The van der Waals surface area contributed by atoms with Crippen molar-refractivity contribution in [3.05, 3.63) is 29.5 Å². The van der Waals surface area contributed by atoms with Crippen molar-refractivity contribution in [1.29, 1.82) is 0 Å². The number of aliphatic carboxylic acids is 1. The Labute approximate surface area is 123 Å². The number of carbonyl (C=O) groups excluding carboxylic acids is 1. The molecule has 2 aromatic rings. The summed E-state index contributed by atoms with van der Waals surface area (Å²) in [6.07, 6.45) is 0.559. The number of amides is 1. The molecule has 0 spiro atoms. The van der Waals surface area contributed by atoms with E-state index in [9.17, 15) is 9.59 Å². The molecule has 0 aliphatic carbocycles. The van der Waals surface area contributed by atoms with Crippen molar-refractivity contribution in [3.63, 3.8) is 0 Å². The molecule has 0 saturated carbocycles. The molecule has 7 nitrogen and oxygen atoms in total. The maximum atomic E-state index is 12.3. The smallest absolute Gasteiger partial charge is 0.334 e. The molecule has 110 valence electrons. The van der Waals surface area contributed by atoms with Gasteiger partial charge in [0.15, 0.2) is 16.9 Å². The van der Waals surface area contributed by atoms with Crippen molar-refractivity contribution in [3.8, 4) is 10.8 Å². The molecule has 3 rings (SSSR count). The van der Waals surface area contributed by atoms with E-state index in [0.717, 1.165) is 0 Å². The van der Waals surface area contributed by atoms with E-state index >= 15 is 0 Å². The summed E-state index contributed by atoms with van der Waals surface area (Å²) in [6.45, 7) is 0.593. The summed E-state index contributed by atoms with van der Waals surface area (Å²) >= 11 is 1.31. The zero-order chi connectivity index (χ0) is 14.8. The number of rotatable bonds is 3. The molecule has 3 heterocycles. The minimum Gasteiger partial charge on any atom is -0.479 e. The first kappa shape index (κ1) is 13.8. The van der Waals surface area contributed by atoms with Crippen molar-refractivity contribution in [2.45, 2.75) is 6.10 Å². The van der Waals surface area contributed by atoms with Crippen molar-refractivity contribution < 1.29 is 23.8 Å². The molecule has 1 atom stereocenters. The van der Waals surface area contributed by atoms with Gasteiger partial charge in [-0.3, -0.25) is 4.79 Å². The number of carbonyl (C=O) groups is 2. The fourth-order valence-electron chi connectivity index (χ4n) is 2.03. The molecule has 1 aliphatic rings. The van der Waals surface area contributed by atoms with Crippen molar-refractivity contribution in [2.24, 2.45) is 0 Å². The standard InChI is InChI=1S/C13H12N2O5S/c16-12(15-3-5-20-10(6-15)13(17)18)8-7-21-11(14-8)9-2-1-4-19-9/h1-2,4,7,10H,3,5-6H2,(H,17,18)/t10-/m1/s1. The minimum atomic E-state index is -1.07. The van der Waals surface area contributed by atoms with Crippen LogP contribution in [0.4, 0.5) is 0 Å². The quantitative estimate of drug-likeness (QED) is 0.919. The highest BCUT2D eigenvalue weighted by molar-refractivity contribution is 7.13. The van der Waals surface area contributed by atoms with Crippen LogP contribution in [0.1, 0.15) is 10.5 Å². The highest BCUT2D eigenvalue weighted by atomic mass is 32.1. The Bertz CT molecular complexity index is 651. The summed E-state index contributed by atoms with van der Waals surface area (Å²) in [5.41, 5.74) is 0.289. The van der Waals surface area contributed by atoms with Gasteiger partial charge in [0.05, 0.1) is 19.4 Å². The summed E-state index contributed by atoms with van der Waals surface area (Å²) in [5.74, 6) is -0.759. The van der Waals surface area contributed by atoms with Crippen molar-refractivity contribution in [1.82, 2.24) is 9.88 Å². The van der Waals surface area contributed by atoms with Gasteiger partial charge in [-0.25, -0.2) is 9.78 Å². The summed E-state index contributed by atoms with van der Waals surface area (Å²) < 4.78 is 10.3. The largest absolute Gasteiger partial charge is 0.479 e. The van der Waals surface area contributed by atoms with E-state index in [1.165, 1.54) is 22.5 Å². The van der Waals surface area contributed by atoms with Crippen LogP contribution in [0, 0.1) is 0 Å². The van der Waals surface area contributed by atoms with E-state index in [1.54, 1.807) is 17.5 Å². The molecule has 0 bridgehead atoms. The highest BCUT2D eigenvalue weighted by Gasteiger charge is 2.30. The zero-order valence-electron chi connectivity index (χ0n) is 10.9. The van der Waals surface area contributed by atoms with E-state index in [-0.39, 0.29) is 24.8 Å². The van der Waals surface area contributed by atoms with Gasteiger partial charge < -0.3 is 19.2 Å². The second kappa shape index (κ2) is 5.66. The van der Waals surface area contributed by atoms with E-state index in [4.69, 9.17) is 14.3 Å². The van der Waals surface area contributed by atoms with Crippen LogP contribution in [0.3, 0.4) is 0 Å². The van der Waals surface area contributed by atoms with Crippen LogP contribution >= 0.6 is 11.3 Å². The van der Waals surface area contributed by atoms with Crippen LogP contribution in [-0.2, 0) is 9.53 Å². The second-order valence-corrected chi connectivity index (χ2v) is 5.32. The van der Waals surface area contributed by atoms with Crippen LogP contribution in [0.5, 0.6) is 0 Å². The number of thiazole rings is 1. The van der Waals surface area contributed by atoms with Gasteiger partial charge in [0.1, 0.15) is 5.69 Å². The van der Waals surface area contributed by atoms with Gasteiger partial charge in [-0.1, -0.05) is 0 Å². The molecule has 1 aliphatic heterocycles. The molecule has 1 saturated heterocycles. The number of furan rings is 1. The normalized spacial score (nSPS) is 18.7. The average molecular weight is 308 g/mol. The number of hydrogen-bond donors (Lipinski definition) is 1. The molecular formula is C13H12N2O5S. The maximum absolute atomic E-state index is 12.3. The van der Waals surface area contributed by atoms with Gasteiger partial charge in [-0.15, -0.1) is 11.3 Å². The molecule has 2 aromatic heterocycles. The SMILES string of the molecule is O=C(O)[C@H]1CN(C(=O)c2csc(-c3ccco3)n2)CCO1. The fraction of sp³-hybridized carbons (Fsp3) is 0.308. The summed E-state index contributed by atoms with van der Waals surface area (Å²) in [7, 11) is 0. The van der Waals surface area contributed by atoms with E-state index in [1.807, 2.05) is 0 Å². The molecule has 0 unspecified atom stereocenters. The Morgan fingerprint density at radius 1 is 1.48 bits per heavy atom. The predicted octanol–water partition coefficient (Wildman–Crippen LogP) is 1.33. The number of carboxylic acids is 1. The molecule has 0 aromatic carbocycles. The van der Waals surface area contributed by atoms with Crippen LogP contribution in [-0.4, -0.2) is 52.7 Å². The number of nitrogens with zero attached hydrogens (tertiary/aromatic N) is 2. The minimum absolute atomic E-state index is 0.0295. The van der Waals surface area contributed by atoms with Crippen molar-refractivity contribution >= 4 is 23.2 Å². The zero-order valence-corrected chi connectivity index (χ0v) is 11.7. The van der Waals surface area contributed by atoms with Gasteiger partial charge >= 0.3 is 5.97 Å². The molecule has 8 heteroatoms. The van der Waals surface area contributed by atoms with Gasteiger partial charge in [0, 0.05) is 11.9 Å². The third-order valence-corrected chi connectivity index (χ3v) is 3.94. The Morgan fingerprint density at radius 3 is 3.05 bits per heavy atom. The van der Waals surface area contributed by atoms with E-state index < -0.39 is 12.1 Å². The molecule has 1 N–H and O–H groups in total. The second-order valence-electron chi connectivity index (χ2n) is 4.46. The number of ether oxygens (including phenoxy) is 1. The molecule has 1 amide bonds.